The number of rotatable bonds is 5. The van der Waals surface area contributed by atoms with Crippen LogP contribution in [0.1, 0.15) is 40.9 Å². The summed E-state index contributed by atoms with van der Waals surface area (Å²) in [6, 6.07) is 15.8. The number of aromatic nitrogens is 1. The summed E-state index contributed by atoms with van der Waals surface area (Å²) in [6.07, 6.45) is 3.31. The Balaban J connectivity index is 1.18. The van der Waals surface area contributed by atoms with Crippen molar-refractivity contribution in [2.24, 2.45) is 5.92 Å². The largest absolute Gasteiger partial charge is 0.506 e. The molecule has 3 aromatic rings. The maximum Gasteiger partial charge on any atom is 0.259 e. The molecule has 31 heavy (non-hydrogen) atoms. The van der Waals surface area contributed by atoms with E-state index in [-0.39, 0.29) is 11.7 Å². The number of halogens is 1. The van der Waals surface area contributed by atoms with Gasteiger partial charge in [0.1, 0.15) is 11.3 Å². The van der Waals surface area contributed by atoms with Gasteiger partial charge in [0.05, 0.1) is 17.8 Å². The molecule has 1 N–H and O–H groups in total. The number of aromatic hydroxyl groups is 1. The number of carbonyl (C=O) groups excluding carboxylic acids is 1. The second kappa shape index (κ2) is 8.48. The predicted molar refractivity (Wildman–Crippen MR) is 122 cm³/mol. The zero-order chi connectivity index (χ0) is 21.4. The SMILES string of the molecule is O=C1c2c(nc3cc(Cl)ccc3c2O)CN1CCC1CCN(Cc2ccccc2)CC1. The summed E-state index contributed by atoms with van der Waals surface area (Å²) in [5.41, 5.74) is 2.99. The zero-order valence-corrected chi connectivity index (χ0v) is 18.2. The van der Waals surface area contributed by atoms with E-state index in [4.69, 9.17) is 11.6 Å². The van der Waals surface area contributed by atoms with Gasteiger partial charge >= 0.3 is 0 Å². The first-order valence-electron chi connectivity index (χ1n) is 10.9. The quantitative estimate of drug-likeness (QED) is 0.622. The Morgan fingerprint density at radius 3 is 2.65 bits per heavy atom. The Kier molecular flexibility index (Phi) is 5.55. The minimum atomic E-state index is -0.113. The van der Waals surface area contributed by atoms with E-state index in [1.165, 1.54) is 5.56 Å². The van der Waals surface area contributed by atoms with Gasteiger partial charge in [-0.05, 0) is 62.0 Å². The minimum absolute atomic E-state index is 0.0263. The van der Waals surface area contributed by atoms with Gasteiger partial charge in [-0.3, -0.25) is 9.69 Å². The van der Waals surface area contributed by atoms with Crippen LogP contribution in [-0.4, -0.2) is 45.4 Å². The molecular weight excluding hydrogens is 410 g/mol. The van der Waals surface area contributed by atoms with Crippen molar-refractivity contribution in [1.82, 2.24) is 14.8 Å². The monoisotopic (exact) mass is 435 g/mol. The van der Waals surface area contributed by atoms with Crippen LogP contribution in [0.25, 0.3) is 10.9 Å². The predicted octanol–water partition coefficient (Wildman–Crippen LogP) is 4.85. The highest BCUT2D eigenvalue weighted by Crippen LogP contribution is 2.36. The average molecular weight is 436 g/mol. The molecule has 3 heterocycles. The molecule has 1 fully saturated rings. The fraction of sp³-hybridized carbons (Fsp3) is 0.360. The van der Waals surface area contributed by atoms with Gasteiger partial charge < -0.3 is 10.0 Å². The molecule has 0 bridgehead atoms. The molecule has 0 saturated carbocycles. The first-order valence-corrected chi connectivity index (χ1v) is 11.3. The molecular formula is C25H26ClN3O2. The molecule has 6 heteroatoms. The van der Waals surface area contributed by atoms with Gasteiger partial charge in [0.2, 0.25) is 0 Å². The maximum absolute atomic E-state index is 12.9. The summed E-state index contributed by atoms with van der Waals surface area (Å²) in [4.78, 5) is 21.9. The lowest BCUT2D eigenvalue weighted by Crippen LogP contribution is -2.35. The molecule has 1 aromatic heterocycles. The van der Waals surface area contributed by atoms with E-state index in [0.717, 1.165) is 38.9 Å². The van der Waals surface area contributed by atoms with Crippen molar-refractivity contribution in [1.29, 1.82) is 0 Å². The molecule has 1 saturated heterocycles. The van der Waals surface area contributed by atoms with E-state index in [9.17, 15) is 9.90 Å². The number of piperidine rings is 1. The van der Waals surface area contributed by atoms with Gasteiger partial charge in [0.15, 0.2) is 0 Å². The standard InChI is InChI=1S/C25H26ClN3O2/c26-19-6-7-20-21(14-19)27-22-16-29(25(31)23(22)24(20)30)13-10-17-8-11-28(12-9-17)15-18-4-2-1-3-5-18/h1-7,14,17H,8-13,15-16H2,(H,27,30). The molecule has 0 radical (unpaired) electrons. The molecule has 0 unspecified atom stereocenters. The van der Waals surface area contributed by atoms with E-state index in [2.05, 4.69) is 40.2 Å². The second-order valence-electron chi connectivity index (χ2n) is 8.66. The van der Waals surface area contributed by atoms with E-state index < -0.39 is 0 Å². The number of fused-ring (bicyclic) bond motifs is 2. The van der Waals surface area contributed by atoms with E-state index in [0.29, 0.717) is 46.2 Å². The Labute approximate surface area is 187 Å². The highest BCUT2D eigenvalue weighted by Gasteiger charge is 2.33. The van der Waals surface area contributed by atoms with Gasteiger partial charge in [-0.15, -0.1) is 0 Å². The molecule has 2 aliphatic heterocycles. The van der Waals surface area contributed by atoms with Crippen molar-refractivity contribution in [3.63, 3.8) is 0 Å². The van der Waals surface area contributed by atoms with Gasteiger partial charge in [0, 0.05) is 23.5 Å². The Hall–Kier alpha value is -2.63. The highest BCUT2D eigenvalue weighted by molar-refractivity contribution is 6.31. The number of likely N-dealkylation sites (tertiary alicyclic amines) is 1. The average Bonchev–Trinajstić information content (AvgIpc) is 3.09. The first kappa shape index (κ1) is 20.3. The highest BCUT2D eigenvalue weighted by atomic mass is 35.5. The topological polar surface area (TPSA) is 56.7 Å². The molecule has 2 aliphatic rings. The number of pyridine rings is 1. The number of nitrogens with zero attached hydrogens (tertiary/aromatic N) is 3. The van der Waals surface area contributed by atoms with Gasteiger partial charge in [0.25, 0.3) is 5.91 Å². The number of hydrogen-bond acceptors (Lipinski definition) is 4. The molecule has 0 spiro atoms. The van der Waals surface area contributed by atoms with Crippen LogP contribution in [0.15, 0.2) is 48.5 Å². The Morgan fingerprint density at radius 1 is 1.10 bits per heavy atom. The van der Waals surface area contributed by atoms with Crippen LogP contribution in [0.3, 0.4) is 0 Å². The van der Waals surface area contributed by atoms with Crippen LogP contribution >= 0.6 is 11.6 Å². The van der Waals surface area contributed by atoms with Crippen LogP contribution in [0, 0.1) is 5.92 Å². The van der Waals surface area contributed by atoms with Gasteiger partial charge in [-0.1, -0.05) is 41.9 Å². The van der Waals surface area contributed by atoms with Crippen LogP contribution in [0.4, 0.5) is 0 Å². The molecule has 5 nitrogen and oxygen atoms in total. The second-order valence-corrected chi connectivity index (χ2v) is 9.10. The summed E-state index contributed by atoms with van der Waals surface area (Å²) >= 11 is 6.07. The van der Waals surface area contributed by atoms with Gasteiger partial charge in [-0.25, -0.2) is 4.98 Å². The zero-order valence-electron chi connectivity index (χ0n) is 17.4. The van der Waals surface area contributed by atoms with E-state index >= 15 is 0 Å². The first-order chi connectivity index (χ1) is 15.1. The third-order valence-electron chi connectivity index (χ3n) is 6.60. The van der Waals surface area contributed by atoms with E-state index in [1.807, 2.05) is 4.90 Å². The van der Waals surface area contributed by atoms with Gasteiger partial charge in [-0.2, -0.15) is 0 Å². The number of hydrogen-bond donors (Lipinski definition) is 1. The van der Waals surface area contributed by atoms with E-state index in [1.54, 1.807) is 18.2 Å². The summed E-state index contributed by atoms with van der Waals surface area (Å²) in [5, 5.41) is 11.8. The fourth-order valence-corrected chi connectivity index (χ4v) is 4.98. The van der Waals surface area contributed by atoms with Crippen molar-refractivity contribution in [2.45, 2.75) is 32.4 Å². The Bertz CT molecular complexity index is 1110. The molecule has 2 aromatic carbocycles. The molecule has 160 valence electrons. The third kappa shape index (κ3) is 4.12. The third-order valence-corrected chi connectivity index (χ3v) is 6.84. The fourth-order valence-electron chi connectivity index (χ4n) is 4.81. The lowest BCUT2D eigenvalue weighted by molar-refractivity contribution is 0.0755. The lowest BCUT2D eigenvalue weighted by Gasteiger charge is -2.32. The van der Waals surface area contributed by atoms with Crippen LogP contribution in [0.2, 0.25) is 5.02 Å². The summed E-state index contributed by atoms with van der Waals surface area (Å²) in [5.74, 6) is 0.541. The van der Waals surface area contributed by atoms with Crippen molar-refractivity contribution < 1.29 is 9.90 Å². The van der Waals surface area contributed by atoms with Crippen molar-refractivity contribution in [3.8, 4) is 5.75 Å². The maximum atomic E-state index is 12.9. The Morgan fingerprint density at radius 2 is 1.87 bits per heavy atom. The number of carbonyl (C=O) groups is 1. The van der Waals surface area contributed by atoms with Crippen LogP contribution in [0.5, 0.6) is 5.75 Å². The van der Waals surface area contributed by atoms with Crippen molar-refractivity contribution >= 4 is 28.4 Å². The summed E-state index contributed by atoms with van der Waals surface area (Å²) in [7, 11) is 0. The number of benzene rings is 2. The smallest absolute Gasteiger partial charge is 0.259 e. The molecule has 1 amide bonds. The van der Waals surface area contributed by atoms with Crippen LogP contribution < -0.4 is 0 Å². The summed E-state index contributed by atoms with van der Waals surface area (Å²) < 4.78 is 0. The molecule has 0 aliphatic carbocycles. The van der Waals surface area contributed by atoms with Crippen LogP contribution in [-0.2, 0) is 13.1 Å². The number of amides is 1. The van der Waals surface area contributed by atoms with Crippen molar-refractivity contribution in [2.75, 3.05) is 19.6 Å². The normalized spacial score (nSPS) is 17.5. The van der Waals surface area contributed by atoms with Crippen molar-refractivity contribution in [3.05, 3.63) is 70.4 Å². The molecule has 5 rings (SSSR count). The molecule has 0 atom stereocenters. The summed E-state index contributed by atoms with van der Waals surface area (Å²) in [6.45, 7) is 4.37. The minimum Gasteiger partial charge on any atom is -0.506 e. The lowest BCUT2D eigenvalue weighted by atomic mass is 9.93.